The number of nitrogens with one attached hydrogen (secondary N) is 1. The van der Waals surface area contributed by atoms with Gasteiger partial charge in [-0.3, -0.25) is 9.59 Å². The topological polar surface area (TPSA) is 67.2 Å². The Kier molecular flexibility index (Phi) is 6.83. The van der Waals surface area contributed by atoms with Crippen LogP contribution in [0.2, 0.25) is 0 Å². The number of likely N-dealkylation sites (tertiary alicyclic amines) is 1. The summed E-state index contributed by atoms with van der Waals surface area (Å²) in [7, 11) is 0. The summed E-state index contributed by atoms with van der Waals surface area (Å²) in [6, 6.07) is 7.86. The number of nitrogens with zero attached hydrogens (tertiary/aromatic N) is 3. The molecular formula is C22H32N4O2. The zero-order valence-corrected chi connectivity index (χ0v) is 17.3. The first kappa shape index (κ1) is 20.5. The van der Waals surface area contributed by atoms with E-state index in [-0.39, 0.29) is 17.4 Å². The molecule has 1 aromatic heterocycles. The highest BCUT2D eigenvalue weighted by atomic mass is 16.2. The number of rotatable bonds is 7. The highest BCUT2D eigenvalue weighted by molar-refractivity contribution is 6.04. The Morgan fingerprint density at radius 1 is 1.25 bits per heavy atom. The Morgan fingerprint density at radius 3 is 2.71 bits per heavy atom. The molecule has 0 aliphatic carbocycles. The van der Waals surface area contributed by atoms with Crippen LogP contribution in [0.1, 0.15) is 56.9 Å². The third-order valence-corrected chi connectivity index (χ3v) is 5.47. The number of benzene rings is 1. The smallest absolute Gasteiger partial charge is 0.274 e. The lowest BCUT2D eigenvalue weighted by atomic mass is 10.0. The van der Waals surface area contributed by atoms with Gasteiger partial charge in [-0.2, -0.15) is 5.10 Å². The third-order valence-electron chi connectivity index (χ3n) is 5.47. The van der Waals surface area contributed by atoms with Gasteiger partial charge in [0.25, 0.3) is 11.5 Å². The van der Waals surface area contributed by atoms with Crippen LogP contribution in [0.5, 0.6) is 0 Å². The summed E-state index contributed by atoms with van der Waals surface area (Å²) < 4.78 is 1.43. The number of hydrogen-bond acceptors (Lipinski definition) is 4. The summed E-state index contributed by atoms with van der Waals surface area (Å²) >= 11 is 0. The molecule has 2 aromatic rings. The minimum absolute atomic E-state index is 0.139. The van der Waals surface area contributed by atoms with E-state index in [4.69, 9.17) is 0 Å². The molecule has 1 aliphatic heterocycles. The number of amides is 1. The van der Waals surface area contributed by atoms with E-state index in [2.05, 4.69) is 22.2 Å². The van der Waals surface area contributed by atoms with Gasteiger partial charge in [0.2, 0.25) is 0 Å². The normalized spacial score (nSPS) is 17.9. The fourth-order valence-corrected chi connectivity index (χ4v) is 3.93. The van der Waals surface area contributed by atoms with Gasteiger partial charge in [-0.05, 0) is 44.7 Å². The molecule has 1 N–H and O–H groups in total. The SMILES string of the molecule is CC(C)Cn1nc(C(=O)NCCCN2CCCC[C@H]2C)c2ccccc2c1=O. The standard InChI is InChI=1S/C22H32N4O2/c1-16(2)15-26-22(28)19-11-5-4-10-18(19)20(24-26)21(27)23-12-8-14-25-13-7-6-9-17(25)3/h4-5,10-11,16-17H,6-9,12-15H2,1-3H3,(H,23,27)/t17-/m1/s1. The van der Waals surface area contributed by atoms with Crippen molar-refractivity contribution in [3.8, 4) is 0 Å². The lowest BCUT2D eigenvalue weighted by Gasteiger charge is -2.33. The van der Waals surface area contributed by atoms with Gasteiger partial charge in [0, 0.05) is 31.1 Å². The number of hydrogen-bond donors (Lipinski definition) is 1. The van der Waals surface area contributed by atoms with Crippen LogP contribution in [0.4, 0.5) is 0 Å². The van der Waals surface area contributed by atoms with Gasteiger partial charge in [0.05, 0.1) is 5.39 Å². The Labute approximate surface area is 166 Å². The molecule has 1 fully saturated rings. The van der Waals surface area contributed by atoms with Crippen LogP contribution in [-0.4, -0.2) is 46.3 Å². The monoisotopic (exact) mass is 384 g/mol. The van der Waals surface area contributed by atoms with Gasteiger partial charge in [0.1, 0.15) is 0 Å². The first-order valence-corrected chi connectivity index (χ1v) is 10.5. The predicted octanol–water partition coefficient (Wildman–Crippen LogP) is 3.05. The molecule has 0 bridgehead atoms. The van der Waals surface area contributed by atoms with E-state index in [1.807, 2.05) is 26.0 Å². The molecule has 0 saturated carbocycles. The fourth-order valence-electron chi connectivity index (χ4n) is 3.93. The molecule has 1 atom stereocenters. The highest BCUT2D eigenvalue weighted by Crippen LogP contribution is 2.16. The lowest BCUT2D eigenvalue weighted by Crippen LogP contribution is -2.39. The average Bonchev–Trinajstić information content (AvgIpc) is 2.68. The van der Waals surface area contributed by atoms with Crippen LogP contribution in [0.15, 0.2) is 29.1 Å². The van der Waals surface area contributed by atoms with E-state index >= 15 is 0 Å². The predicted molar refractivity (Wildman–Crippen MR) is 113 cm³/mol. The largest absolute Gasteiger partial charge is 0.351 e. The maximum atomic E-state index is 12.8. The van der Waals surface area contributed by atoms with E-state index in [1.165, 1.54) is 23.9 Å². The third kappa shape index (κ3) is 4.79. The van der Waals surface area contributed by atoms with Crippen LogP contribution >= 0.6 is 0 Å². The molecule has 3 rings (SSSR count). The molecule has 0 spiro atoms. The summed E-state index contributed by atoms with van der Waals surface area (Å²) in [6.07, 6.45) is 4.77. The number of piperidine rings is 1. The Bertz CT molecular complexity index is 874. The van der Waals surface area contributed by atoms with Crippen molar-refractivity contribution in [1.29, 1.82) is 0 Å². The second-order valence-electron chi connectivity index (χ2n) is 8.27. The summed E-state index contributed by atoms with van der Waals surface area (Å²) in [6.45, 7) is 9.61. The van der Waals surface area contributed by atoms with Crippen molar-refractivity contribution in [2.75, 3.05) is 19.6 Å². The first-order chi connectivity index (χ1) is 13.5. The van der Waals surface area contributed by atoms with Crippen molar-refractivity contribution in [3.63, 3.8) is 0 Å². The van der Waals surface area contributed by atoms with E-state index < -0.39 is 0 Å². The molecule has 6 nitrogen and oxygen atoms in total. The van der Waals surface area contributed by atoms with Crippen molar-refractivity contribution in [3.05, 3.63) is 40.3 Å². The maximum Gasteiger partial charge on any atom is 0.274 e. The summed E-state index contributed by atoms with van der Waals surface area (Å²) in [5, 5.41) is 8.57. The van der Waals surface area contributed by atoms with Gasteiger partial charge in [-0.25, -0.2) is 4.68 Å². The van der Waals surface area contributed by atoms with Crippen LogP contribution in [-0.2, 0) is 6.54 Å². The Balaban J connectivity index is 1.70. The fraction of sp³-hybridized carbons (Fsp3) is 0.591. The van der Waals surface area contributed by atoms with Crippen molar-refractivity contribution in [1.82, 2.24) is 20.0 Å². The molecule has 1 saturated heterocycles. The molecule has 1 aliphatic rings. The van der Waals surface area contributed by atoms with Crippen LogP contribution in [0.3, 0.4) is 0 Å². The summed E-state index contributed by atoms with van der Waals surface area (Å²) in [5.74, 6) is 0.0641. The molecule has 1 amide bonds. The Hall–Kier alpha value is -2.21. The molecular weight excluding hydrogens is 352 g/mol. The zero-order valence-electron chi connectivity index (χ0n) is 17.3. The van der Waals surface area contributed by atoms with Gasteiger partial charge in [0.15, 0.2) is 5.69 Å². The highest BCUT2D eigenvalue weighted by Gasteiger charge is 2.19. The molecule has 0 unspecified atom stereocenters. The van der Waals surface area contributed by atoms with Crippen LogP contribution in [0, 0.1) is 5.92 Å². The number of aromatic nitrogens is 2. The molecule has 28 heavy (non-hydrogen) atoms. The number of carbonyl (C=O) groups is 1. The minimum atomic E-state index is -0.208. The second-order valence-corrected chi connectivity index (χ2v) is 8.27. The molecule has 2 heterocycles. The van der Waals surface area contributed by atoms with E-state index in [0.29, 0.717) is 35.6 Å². The summed E-state index contributed by atoms with van der Waals surface area (Å²) in [4.78, 5) is 28.0. The lowest BCUT2D eigenvalue weighted by molar-refractivity contribution is 0.0943. The molecule has 152 valence electrons. The van der Waals surface area contributed by atoms with Gasteiger partial charge in [-0.1, -0.05) is 38.5 Å². The van der Waals surface area contributed by atoms with Crippen LogP contribution in [0.25, 0.3) is 10.8 Å². The minimum Gasteiger partial charge on any atom is -0.351 e. The molecule has 1 aromatic carbocycles. The summed E-state index contributed by atoms with van der Waals surface area (Å²) in [5.41, 5.74) is 0.196. The van der Waals surface area contributed by atoms with E-state index in [9.17, 15) is 9.59 Å². The number of carbonyl (C=O) groups excluding carboxylic acids is 1. The van der Waals surface area contributed by atoms with Crippen molar-refractivity contribution in [2.24, 2.45) is 5.92 Å². The van der Waals surface area contributed by atoms with E-state index in [0.717, 1.165) is 19.5 Å². The molecule has 6 heteroatoms. The molecule has 0 radical (unpaired) electrons. The second kappa shape index (κ2) is 9.32. The Morgan fingerprint density at radius 2 is 2.00 bits per heavy atom. The van der Waals surface area contributed by atoms with Crippen molar-refractivity contribution < 1.29 is 4.79 Å². The average molecular weight is 385 g/mol. The van der Waals surface area contributed by atoms with Crippen LogP contribution < -0.4 is 10.9 Å². The van der Waals surface area contributed by atoms with Gasteiger partial charge < -0.3 is 10.2 Å². The number of fused-ring (bicyclic) bond motifs is 1. The first-order valence-electron chi connectivity index (χ1n) is 10.5. The van der Waals surface area contributed by atoms with Crippen molar-refractivity contribution >= 4 is 16.7 Å². The maximum absolute atomic E-state index is 12.8. The quantitative estimate of drug-likeness (QED) is 0.745. The van der Waals surface area contributed by atoms with E-state index in [1.54, 1.807) is 12.1 Å². The zero-order chi connectivity index (χ0) is 20.1. The van der Waals surface area contributed by atoms with Crippen molar-refractivity contribution in [2.45, 2.75) is 59.0 Å². The van der Waals surface area contributed by atoms with Gasteiger partial charge >= 0.3 is 0 Å². The van der Waals surface area contributed by atoms with Gasteiger partial charge in [-0.15, -0.1) is 0 Å².